The SMILES string of the molecule is CC(=O)N1CC(=O)N(CNc2ccccc2)C1=S. The molecule has 94 valence electrons. The van der Waals surface area contributed by atoms with Gasteiger partial charge in [0, 0.05) is 12.6 Å². The summed E-state index contributed by atoms with van der Waals surface area (Å²) in [6.07, 6.45) is 0. The van der Waals surface area contributed by atoms with Crippen molar-refractivity contribution in [3.8, 4) is 0 Å². The molecular formula is C12H13N3O2S. The maximum atomic E-state index is 11.7. The smallest absolute Gasteiger partial charge is 0.250 e. The monoisotopic (exact) mass is 263 g/mol. The summed E-state index contributed by atoms with van der Waals surface area (Å²) in [5.41, 5.74) is 0.898. The second-order valence-corrected chi connectivity index (χ2v) is 4.28. The Bertz CT molecular complexity index is 489. The van der Waals surface area contributed by atoms with E-state index in [0.717, 1.165) is 5.69 Å². The van der Waals surface area contributed by atoms with Crippen LogP contribution in [-0.2, 0) is 9.59 Å². The molecule has 1 aliphatic rings. The second-order valence-electron chi connectivity index (χ2n) is 3.91. The van der Waals surface area contributed by atoms with E-state index < -0.39 is 0 Å². The van der Waals surface area contributed by atoms with Crippen molar-refractivity contribution < 1.29 is 9.59 Å². The van der Waals surface area contributed by atoms with Crippen molar-refractivity contribution in [3.63, 3.8) is 0 Å². The number of nitrogens with zero attached hydrogens (tertiary/aromatic N) is 2. The Morgan fingerprint density at radius 1 is 1.39 bits per heavy atom. The number of thiocarbonyl (C=S) groups is 1. The first-order valence-corrected chi connectivity index (χ1v) is 5.92. The van der Waals surface area contributed by atoms with Crippen LogP contribution in [0.1, 0.15) is 6.92 Å². The van der Waals surface area contributed by atoms with Crippen LogP contribution in [0.2, 0.25) is 0 Å². The van der Waals surface area contributed by atoms with Crippen LogP contribution in [0.4, 0.5) is 5.69 Å². The summed E-state index contributed by atoms with van der Waals surface area (Å²) < 4.78 is 0. The van der Waals surface area contributed by atoms with E-state index in [-0.39, 0.29) is 30.1 Å². The number of amides is 2. The van der Waals surface area contributed by atoms with Crippen LogP contribution >= 0.6 is 12.2 Å². The van der Waals surface area contributed by atoms with Crippen molar-refractivity contribution in [1.29, 1.82) is 0 Å². The minimum absolute atomic E-state index is 0.0324. The van der Waals surface area contributed by atoms with Crippen molar-refractivity contribution in [1.82, 2.24) is 9.80 Å². The predicted octanol–water partition coefficient (Wildman–Crippen LogP) is 1.03. The Morgan fingerprint density at radius 2 is 2.06 bits per heavy atom. The van der Waals surface area contributed by atoms with Gasteiger partial charge >= 0.3 is 0 Å². The van der Waals surface area contributed by atoms with E-state index in [2.05, 4.69) is 5.32 Å². The summed E-state index contributed by atoms with van der Waals surface area (Å²) in [6.45, 7) is 1.70. The molecule has 0 spiro atoms. The van der Waals surface area contributed by atoms with Crippen LogP contribution in [0.15, 0.2) is 30.3 Å². The molecule has 0 saturated carbocycles. The lowest BCUT2D eigenvalue weighted by Crippen LogP contribution is -2.37. The fourth-order valence-corrected chi connectivity index (χ4v) is 2.03. The summed E-state index contributed by atoms with van der Waals surface area (Å²) in [7, 11) is 0. The second kappa shape index (κ2) is 5.14. The Morgan fingerprint density at radius 3 is 2.61 bits per heavy atom. The van der Waals surface area contributed by atoms with Gasteiger partial charge in [0.1, 0.15) is 6.54 Å². The van der Waals surface area contributed by atoms with Crippen LogP contribution < -0.4 is 5.32 Å². The summed E-state index contributed by atoms with van der Waals surface area (Å²) in [6, 6.07) is 9.50. The largest absolute Gasteiger partial charge is 0.367 e. The van der Waals surface area contributed by atoms with Gasteiger partial charge in [0.05, 0.1) is 6.67 Å². The molecule has 2 rings (SSSR count). The number of anilines is 1. The molecule has 1 aromatic rings. The van der Waals surface area contributed by atoms with Crippen LogP contribution in [0.3, 0.4) is 0 Å². The molecule has 0 unspecified atom stereocenters. The molecule has 6 heteroatoms. The molecule has 0 radical (unpaired) electrons. The Labute approximate surface area is 110 Å². The van der Waals surface area contributed by atoms with E-state index in [4.69, 9.17) is 12.2 Å². The maximum absolute atomic E-state index is 11.7. The van der Waals surface area contributed by atoms with Crippen LogP contribution in [0.25, 0.3) is 0 Å². The molecule has 1 fully saturated rings. The first-order valence-electron chi connectivity index (χ1n) is 5.51. The lowest BCUT2D eigenvalue weighted by atomic mass is 10.3. The molecule has 1 heterocycles. The minimum Gasteiger partial charge on any atom is -0.367 e. The Hall–Kier alpha value is -1.95. The normalized spacial score (nSPS) is 15.2. The van der Waals surface area contributed by atoms with E-state index >= 15 is 0 Å². The molecule has 1 N–H and O–H groups in total. The van der Waals surface area contributed by atoms with E-state index in [1.54, 1.807) is 0 Å². The summed E-state index contributed by atoms with van der Waals surface area (Å²) in [5, 5.41) is 3.35. The number of para-hydroxylation sites is 1. The van der Waals surface area contributed by atoms with Gasteiger partial charge in [-0.3, -0.25) is 19.4 Å². The summed E-state index contributed by atoms with van der Waals surface area (Å²) in [5.74, 6) is -0.380. The molecule has 0 aromatic heterocycles. The quantitative estimate of drug-likeness (QED) is 0.828. The zero-order valence-corrected chi connectivity index (χ0v) is 10.7. The molecule has 0 atom stereocenters. The van der Waals surface area contributed by atoms with Gasteiger partial charge < -0.3 is 5.32 Å². The molecule has 0 aliphatic carbocycles. The van der Waals surface area contributed by atoms with Crippen LogP contribution in [0.5, 0.6) is 0 Å². The van der Waals surface area contributed by atoms with Gasteiger partial charge in [-0.25, -0.2) is 0 Å². The average molecular weight is 263 g/mol. The van der Waals surface area contributed by atoms with E-state index in [1.807, 2.05) is 30.3 Å². The number of carbonyl (C=O) groups is 2. The number of benzene rings is 1. The van der Waals surface area contributed by atoms with Crippen molar-refractivity contribution in [3.05, 3.63) is 30.3 Å². The standard InChI is InChI=1S/C12H13N3O2S/c1-9(16)14-7-11(17)15(12(14)18)8-13-10-5-3-2-4-6-10/h2-6,13H,7-8H2,1H3. The molecule has 18 heavy (non-hydrogen) atoms. The van der Waals surface area contributed by atoms with E-state index in [0.29, 0.717) is 0 Å². The van der Waals surface area contributed by atoms with Gasteiger partial charge in [-0.05, 0) is 24.4 Å². The van der Waals surface area contributed by atoms with Crippen molar-refractivity contribution in [2.24, 2.45) is 0 Å². The first kappa shape index (κ1) is 12.5. The topological polar surface area (TPSA) is 52.7 Å². The highest BCUT2D eigenvalue weighted by Gasteiger charge is 2.34. The summed E-state index contributed by atoms with van der Waals surface area (Å²) in [4.78, 5) is 25.7. The Balaban J connectivity index is 2.00. The number of nitrogens with one attached hydrogen (secondary N) is 1. The zero-order valence-electron chi connectivity index (χ0n) is 9.92. The van der Waals surface area contributed by atoms with Crippen LogP contribution in [-0.4, -0.2) is 39.9 Å². The number of hydrogen-bond donors (Lipinski definition) is 1. The third kappa shape index (κ3) is 2.48. The van der Waals surface area contributed by atoms with Gasteiger partial charge in [0.15, 0.2) is 5.11 Å². The van der Waals surface area contributed by atoms with Crippen LogP contribution in [0, 0.1) is 0 Å². The van der Waals surface area contributed by atoms with E-state index in [1.165, 1.54) is 16.7 Å². The average Bonchev–Trinajstić information content (AvgIpc) is 2.64. The molecule has 0 bridgehead atoms. The van der Waals surface area contributed by atoms with Crippen molar-refractivity contribution >= 4 is 34.8 Å². The zero-order chi connectivity index (χ0) is 13.1. The Kier molecular flexibility index (Phi) is 3.57. The highest BCUT2D eigenvalue weighted by Crippen LogP contribution is 2.12. The lowest BCUT2D eigenvalue weighted by Gasteiger charge is -2.18. The predicted molar refractivity (Wildman–Crippen MR) is 71.8 cm³/mol. The van der Waals surface area contributed by atoms with Gasteiger partial charge in [0.25, 0.3) is 0 Å². The first-order chi connectivity index (χ1) is 8.59. The highest BCUT2D eigenvalue weighted by atomic mass is 32.1. The molecular weight excluding hydrogens is 250 g/mol. The third-order valence-electron chi connectivity index (χ3n) is 2.65. The van der Waals surface area contributed by atoms with Crippen molar-refractivity contribution in [2.45, 2.75) is 6.92 Å². The third-order valence-corrected chi connectivity index (χ3v) is 3.09. The van der Waals surface area contributed by atoms with Gasteiger partial charge in [-0.15, -0.1) is 0 Å². The van der Waals surface area contributed by atoms with Gasteiger partial charge in [-0.1, -0.05) is 18.2 Å². The minimum atomic E-state index is -0.212. The maximum Gasteiger partial charge on any atom is 0.250 e. The highest BCUT2D eigenvalue weighted by molar-refractivity contribution is 7.80. The summed E-state index contributed by atoms with van der Waals surface area (Å²) >= 11 is 5.10. The van der Waals surface area contributed by atoms with Crippen molar-refractivity contribution in [2.75, 3.05) is 18.5 Å². The fraction of sp³-hybridized carbons (Fsp3) is 0.250. The van der Waals surface area contributed by atoms with Gasteiger partial charge in [0.2, 0.25) is 11.8 Å². The number of rotatable bonds is 3. The molecule has 1 aromatic carbocycles. The number of carbonyl (C=O) groups excluding carboxylic acids is 2. The van der Waals surface area contributed by atoms with E-state index in [9.17, 15) is 9.59 Å². The fourth-order valence-electron chi connectivity index (χ4n) is 1.67. The molecule has 2 amide bonds. The molecule has 1 aliphatic heterocycles. The van der Waals surface area contributed by atoms with Gasteiger partial charge in [-0.2, -0.15) is 0 Å². The molecule has 1 saturated heterocycles. The lowest BCUT2D eigenvalue weighted by molar-refractivity contribution is -0.129. The number of hydrogen-bond acceptors (Lipinski definition) is 4. The molecule has 5 nitrogen and oxygen atoms in total.